The molecule has 0 bridgehead atoms. The third-order valence-electron chi connectivity index (χ3n) is 7.70. The van der Waals surface area contributed by atoms with Gasteiger partial charge in [0.1, 0.15) is 0 Å². The number of carbonyl (C=O) groups excluding carboxylic acids is 1. The summed E-state index contributed by atoms with van der Waals surface area (Å²) in [6.07, 6.45) is 15.2. The molecule has 1 saturated carbocycles. The van der Waals surface area contributed by atoms with E-state index in [2.05, 4.69) is 53.0 Å². The number of fused-ring (bicyclic) bond motifs is 2. The van der Waals surface area contributed by atoms with Crippen molar-refractivity contribution in [1.82, 2.24) is 29.3 Å². The van der Waals surface area contributed by atoms with E-state index < -0.39 is 0 Å². The van der Waals surface area contributed by atoms with Crippen LogP contribution in [-0.2, 0) is 11.2 Å². The van der Waals surface area contributed by atoms with Crippen LogP contribution in [0.2, 0.25) is 0 Å². The average Bonchev–Trinajstić information content (AvgIpc) is 3.22. The second-order valence-corrected chi connectivity index (χ2v) is 11.4. The van der Waals surface area contributed by atoms with E-state index in [1.54, 1.807) is 6.08 Å². The first-order valence-corrected chi connectivity index (χ1v) is 13.7. The first-order valence-electron chi connectivity index (χ1n) is 12.6. The highest BCUT2D eigenvalue weighted by Gasteiger charge is 2.35. The van der Waals surface area contributed by atoms with Gasteiger partial charge in [-0.3, -0.25) is 14.7 Å². The molecule has 8 heteroatoms. The molecule has 2 aromatic heterocycles. The number of aromatic nitrogens is 3. The van der Waals surface area contributed by atoms with Crippen molar-refractivity contribution in [3.8, 4) is 0 Å². The van der Waals surface area contributed by atoms with E-state index in [1.165, 1.54) is 19.3 Å². The zero-order valence-corrected chi connectivity index (χ0v) is 21.2. The minimum Gasteiger partial charge on any atom is -0.368 e. The maximum Gasteiger partial charge on any atom is 0.252 e. The van der Waals surface area contributed by atoms with Gasteiger partial charge in [0.25, 0.3) is 5.91 Å². The van der Waals surface area contributed by atoms with E-state index in [4.69, 9.17) is 5.10 Å². The molecular weight excluding hydrogens is 443 g/mol. The smallest absolute Gasteiger partial charge is 0.252 e. The molecule has 5 heterocycles. The number of aryl methyl sites for hydroxylation is 2. The normalized spacial score (nSPS) is 26.6. The lowest BCUT2D eigenvalue weighted by molar-refractivity contribution is -0.123. The Labute approximate surface area is 203 Å². The molecule has 1 amide bonds. The molecule has 3 unspecified atom stereocenters. The van der Waals surface area contributed by atoms with Gasteiger partial charge in [-0.1, -0.05) is 28.0 Å². The summed E-state index contributed by atoms with van der Waals surface area (Å²) in [4.78, 5) is 24.9. The second-order valence-electron chi connectivity index (χ2n) is 9.97. The van der Waals surface area contributed by atoms with Crippen molar-refractivity contribution < 1.29 is 4.79 Å². The van der Waals surface area contributed by atoms with Crippen LogP contribution in [0.15, 0.2) is 42.4 Å². The molecule has 3 aliphatic heterocycles. The highest BCUT2D eigenvalue weighted by Crippen LogP contribution is 2.44. The molecule has 0 N–H and O–H groups in total. The molecule has 34 heavy (non-hydrogen) atoms. The van der Waals surface area contributed by atoms with E-state index in [1.807, 2.05) is 22.5 Å². The number of nitrogens with zero attached hydrogens (tertiary/aromatic N) is 6. The quantitative estimate of drug-likeness (QED) is 0.629. The van der Waals surface area contributed by atoms with Gasteiger partial charge in [0.2, 0.25) is 0 Å². The summed E-state index contributed by atoms with van der Waals surface area (Å²) < 4.78 is 1.91. The Balaban J connectivity index is 1.21. The number of piperazine rings is 1. The van der Waals surface area contributed by atoms with Crippen molar-refractivity contribution in [2.75, 3.05) is 19.6 Å². The Morgan fingerprint density at radius 2 is 2.09 bits per heavy atom. The Morgan fingerprint density at radius 1 is 1.24 bits per heavy atom. The Hall–Kier alpha value is -2.50. The predicted molar refractivity (Wildman–Crippen MR) is 137 cm³/mol. The molecule has 0 aromatic carbocycles. The Morgan fingerprint density at radius 3 is 2.82 bits per heavy atom. The number of hydrogen-bond donors (Lipinski definition) is 0. The van der Waals surface area contributed by atoms with Crippen LogP contribution in [0.25, 0.3) is 10.8 Å². The fourth-order valence-corrected chi connectivity index (χ4v) is 6.97. The maximum atomic E-state index is 13.2. The highest BCUT2D eigenvalue weighted by atomic mass is 31.1. The number of carbonyl (C=O) groups is 1. The summed E-state index contributed by atoms with van der Waals surface area (Å²) in [6.45, 7) is 9.62. The number of rotatable bonds is 4. The molecular formula is C26H33N6OP. The fourth-order valence-electron chi connectivity index (χ4n) is 5.64. The summed E-state index contributed by atoms with van der Waals surface area (Å²) in [6, 6.07) is 3.43. The van der Waals surface area contributed by atoms with Gasteiger partial charge in [0, 0.05) is 49.3 Å². The standard InChI is InChI=1S/C26H33N6OP/c1-4-21-23-12-22(28-32(23)14-17(2)27-21)24-13-25(33)31-16-20(8-9-26(31)34-24)29-10-11-30(18(3)15-29)19-6-5-7-19/h8-9,12-14,16,18-19,26,34H,4-7,10-11,15H2,1-3H3. The topological polar surface area (TPSA) is 57.0 Å². The number of allylic oxidation sites excluding steroid dienone is 1. The van der Waals surface area contributed by atoms with Crippen LogP contribution in [0.5, 0.6) is 0 Å². The maximum absolute atomic E-state index is 13.2. The van der Waals surface area contributed by atoms with Crippen LogP contribution in [0.1, 0.15) is 50.2 Å². The number of amides is 1. The monoisotopic (exact) mass is 476 g/mol. The molecule has 0 radical (unpaired) electrons. The molecule has 6 rings (SSSR count). The van der Waals surface area contributed by atoms with Gasteiger partial charge < -0.3 is 9.80 Å². The van der Waals surface area contributed by atoms with E-state index in [9.17, 15) is 4.79 Å². The van der Waals surface area contributed by atoms with E-state index in [0.717, 1.165) is 65.7 Å². The predicted octanol–water partition coefficient (Wildman–Crippen LogP) is 3.76. The average molecular weight is 477 g/mol. The van der Waals surface area contributed by atoms with E-state index in [0.29, 0.717) is 14.6 Å². The summed E-state index contributed by atoms with van der Waals surface area (Å²) in [5.74, 6) is 0.115. The molecule has 3 atom stereocenters. The van der Waals surface area contributed by atoms with Gasteiger partial charge in [0.15, 0.2) is 0 Å². The van der Waals surface area contributed by atoms with Gasteiger partial charge in [0.05, 0.1) is 40.3 Å². The minimum atomic E-state index is 0.0452. The summed E-state index contributed by atoms with van der Waals surface area (Å²) >= 11 is 0. The zero-order chi connectivity index (χ0) is 23.4. The van der Waals surface area contributed by atoms with Crippen LogP contribution in [0, 0.1) is 6.92 Å². The van der Waals surface area contributed by atoms with E-state index in [-0.39, 0.29) is 11.7 Å². The van der Waals surface area contributed by atoms with Gasteiger partial charge in [-0.2, -0.15) is 5.10 Å². The lowest BCUT2D eigenvalue weighted by atomic mass is 9.89. The van der Waals surface area contributed by atoms with Crippen molar-refractivity contribution in [3.05, 3.63) is 59.5 Å². The first kappa shape index (κ1) is 22.0. The van der Waals surface area contributed by atoms with Crippen molar-refractivity contribution in [1.29, 1.82) is 0 Å². The molecule has 0 spiro atoms. The van der Waals surface area contributed by atoms with Gasteiger partial charge in [-0.15, -0.1) is 0 Å². The van der Waals surface area contributed by atoms with Crippen LogP contribution in [0.4, 0.5) is 0 Å². The van der Waals surface area contributed by atoms with Gasteiger partial charge in [-0.25, -0.2) is 4.52 Å². The summed E-state index contributed by atoms with van der Waals surface area (Å²) in [5.41, 5.74) is 5.08. The Bertz CT molecular complexity index is 1230. The van der Waals surface area contributed by atoms with Crippen LogP contribution >= 0.6 is 8.58 Å². The van der Waals surface area contributed by atoms with E-state index >= 15 is 0 Å². The second kappa shape index (κ2) is 8.62. The van der Waals surface area contributed by atoms with Crippen LogP contribution in [0.3, 0.4) is 0 Å². The molecule has 7 nitrogen and oxygen atoms in total. The van der Waals surface area contributed by atoms with Gasteiger partial charge >= 0.3 is 0 Å². The Kier molecular flexibility index (Phi) is 5.57. The van der Waals surface area contributed by atoms with Crippen molar-refractivity contribution in [3.63, 3.8) is 0 Å². The molecule has 2 fully saturated rings. The number of hydrogen-bond acceptors (Lipinski definition) is 5. The third-order valence-corrected chi connectivity index (χ3v) is 9.17. The summed E-state index contributed by atoms with van der Waals surface area (Å²) in [7, 11) is 0.471. The van der Waals surface area contributed by atoms with Crippen molar-refractivity contribution in [2.45, 2.75) is 64.3 Å². The molecule has 4 aliphatic rings. The highest BCUT2D eigenvalue weighted by molar-refractivity contribution is 7.51. The van der Waals surface area contributed by atoms with Crippen molar-refractivity contribution >= 4 is 25.3 Å². The van der Waals surface area contributed by atoms with Gasteiger partial charge in [-0.05, 0) is 45.3 Å². The SMILES string of the molecule is CCc1nc(C)cn2nc(C3=CC(=O)N4C=C(N5CCN(C6CCC6)C(C)C5)C=CC4P3)cc12. The largest absolute Gasteiger partial charge is 0.368 e. The third kappa shape index (κ3) is 3.79. The lowest BCUT2D eigenvalue weighted by Crippen LogP contribution is -2.56. The van der Waals surface area contributed by atoms with Crippen LogP contribution < -0.4 is 0 Å². The molecule has 178 valence electrons. The zero-order valence-electron chi connectivity index (χ0n) is 20.2. The molecule has 1 aliphatic carbocycles. The molecule has 2 aromatic rings. The van der Waals surface area contributed by atoms with Crippen molar-refractivity contribution in [2.24, 2.45) is 0 Å². The fraction of sp³-hybridized carbons (Fsp3) is 0.500. The first-order chi connectivity index (χ1) is 16.5. The lowest BCUT2D eigenvalue weighted by Gasteiger charge is -2.48. The molecule has 1 saturated heterocycles. The summed E-state index contributed by atoms with van der Waals surface area (Å²) in [5, 5.41) is 5.83. The minimum absolute atomic E-state index is 0.0452. The van der Waals surface area contributed by atoms with Crippen LogP contribution in [-0.4, -0.2) is 72.7 Å².